The van der Waals surface area contributed by atoms with Crippen LogP contribution in [0.3, 0.4) is 0 Å². The molecule has 0 spiro atoms. The first-order valence-corrected chi connectivity index (χ1v) is 9.52. The number of ketones is 1. The normalized spacial score (nSPS) is 14.0. The minimum absolute atomic E-state index is 0.0167. The van der Waals surface area contributed by atoms with Crippen LogP contribution in [-0.2, 0) is 0 Å². The van der Waals surface area contributed by atoms with Gasteiger partial charge >= 0.3 is 0 Å². The van der Waals surface area contributed by atoms with Gasteiger partial charge < -0.3 is 5.11 Å². The van der Waals surface area contributed by atoms with Gasteiger partial charge in [-0.3, -0.25) is 9.36 Å². The van der Waals surface area contributed by atoms with Crippen LogP contribution >= 0.6 is 23.1 Å². The fourth-order valence-electron chi connectivity index (χ4n) is 2.47. The molecule has 4 rings (SSSR count). The smallest absolute Gasteiger partial charge is 0.192 e. The summed E-state index contributed by atoms with van der Waals surface area (Å²) in [4.78, 5) is 13.4. The summed E-state index contributed by atoms with van der Waals surface area (Å²) in [5, 5.41) is 20.8. The van der Waals surface area contributed by atoms with Crippen LogP contribution in [0.25, 0.3) is 10.7 Å². The minimum atomic E-state index is 0.0167. The Morgan fingerprint density at radius 3 is 2.71 bits per heavy atom. The Kier molecular flexibility index (Phi) is 4.12. The summed E-state index contributed by atoms with van der Waals surface area (Å²) < 4.78 is 2.17. The molecule has 0 atom stereocenters. The topological polar surface area (TPSA) is 68.0 Å². The van der Waals surface area contributed by atoms with Crippen LogP contribution in [0, 0.1) is 0 Å². The zero-order valence-corrected chi connectivity index (χ0v) is 14.4. The average molecular weight is 357 g/mol. The number of hydrogen-bond donors (Lipinski definition) is 1. The summed E-state index contributed by atoms with van der Waals surface area (Å²) in [6.07, 6.45) is 2.27. The molecule has 2 aromatic heterocycles. The zero-order valence-electron chi connectivity index (χ0n) is 12.8. The fraction of sp³-hybridized carbons (Fsp3) is 0.235. The first kappa shape index (κ1) is 15.4. The van der Waals surface area contributed by atoms with Crippen molar-refractivity contribution in [3.05, 3.63) is 47.3 Å². The molecule has 24 heavy (non-hydrogen) atoms. The van der Waals surface area contributed by atoms with E-state index < -0.39 is 0 Å². The second kappa shape index (κ2) is 6.41. The highest BCUT2D eigenvalue weighted by atomic mass is 32.2. The Morgan fingerprint density at radius 2 is 2.04 bits per heavy atom. The number of carbonyl (C=O) groups excluding carboxylic acids is 1. The number of carbonyl (C=O) groups is 1. The van der Waals surface area contributed by atoms with Crippen molar-refractivity contribution in [1.29, 1.82) is 0 Å². The van der Waals surface area contributed by atoms with Gasteiger partial charge in [0, 0.05) is 11.6 Å². The number of benzene rings is 1. The number of thioether (sulfide) groups is 1. The maximum Gasteiger partial charge on any atom is 0.192 e. The van der Waals surface area contributed by atoms with Gasteiger partial charge in [0.1, 0.15) is 5.75 Å². The first-order chi connectivity index (χ1) is 11.7. The van der Waals surface area contributed by atoms with Crippen LogP contribution in [0.2, 0.25) is 0 Å². The van der Waals surface area contributed by atoms with Gasteiger partial charge in [-0.1, -0.05) is 17.8 Å². The summed E-state index contributed by atoms with van der Waals surface area (Å²) in [6.45, 7) is 0. The summed E-state index contributed by atoms with van der Waals surface area (Å²) in [5.74, 6) is 1.38. The van der Waals surface area contributed by atoms with E-state index in [1.165, 1.54) is 23.9 Å². The lowest BCUT2D eigenvalue weighted by atomic mass is 10.1. The van der Waals surface area contributed by atoms with Gasteiger partial charge in [-0.2, -0.15) is 0 Å². The second-order valence-electron chi connectivity index (χ2n) is 5.64. The van der Waals surface area contributed by atoms with Crippen molar-refractivity contribution in [1.82, 2.24) is 14.8 Å². The number of thiophene rings is 1. The predicted molar refractivity (Wildman–Crippen MR) is 94.8 cm³/mol. The number of phenolic OH excluding ortho intramolecular Hbond substituents is 1. The molecule has 3 aromatic rings. The molecule has 5 nitrogen and oxygen atoms in total. The molecule has 1 aliphatic carbocycles. The monoisotopic (exact) mass is 357 g/mol. The molecule has 0 saturated heterocycles. The Bertz CT molecular complexity index is 853. The Morgan fingerprint density at radius 1 is 1.25 bits per heavy atom. The Labute approximate surface area is 147 Å². The molecular formula is C17H15N3O2S2. The standard InChI is InChI=1S/C17H15N3O2S2/c21-13-7-3-11(4-8-13)14(22)10-24-17-19-18-16(15-2-1-9-23-15)20(17)12-5-6-12/h1-4,7-9,12,21H,5-6,10H2. The maximum atomic E-state index is 12.3. The van der Waals surface area contributed by atoms with E-state index in [1.807, 2.05) is 17.5 Å². The number of aromatic hydroxyl groups is 1. The highest BCUT2D eigenvalue weighted by molar-refractivity contribution is 7.99. The minimum Gasteiger partial charge on any atom is -0.508 e. The van der Waals surface area contributed by atoms with Crippen LogP contribution in [-0.4, -0.2) is 31.4 Å². The van der Waals surface area contributed by atoms with Crippen molar-refractivity contribution in [2.75, 3.05) is 5.75 Å². The second-order valence-corrected chi connectivity index (χ2v) is 7.53. The lowest BCUT2D eigenvalue weighted by Gasteiger charge is -2.07. The average Bonchev–Trinajstić information content (AvgIpc) is 3.11. The van der Waals surface area contributed by atoms with Gasteiger partial charge in [-0.05, 0) is 48.6 Å². The SMILES string of the molecule is O=C(CSc1nnc(-c2cccs2)n1C1CC1)c1ccc(O)cc1. The van der Waals surface area contributed by atoms with Gasteiger partial charge in [-0.15, -0.1) is 21.5 Å². The lowest BCUT2D eigenvalue weighted by Crippen LogP contribution is -2.04. The molecular weight excluding hydrogens is 342 g/mol. The number of hydrogen-bond acceptors (Lipinski definition) is 6. The molecule has 0 unspecified atom stereocenters. The van der Waals surface area contributed by atoms with E-state index in [1.54, 1.807) is 23.5 Å². The number of aromatic nitrogens is 3. The first-order valence-electron chi connectivity index (χ1n) is 7.66. The van der Waals surface area contributed by atoms with E-state index in [4.69, 9.17) is 0 Å². The summed E-state index contributed by atoms with van der Waals surface area (Å²) in [6, 6.07) is 10.8. The summed E-state index contributed by atoms with van der Waals surface area (Å²) >= 11 is 3.07. The third-order valence-corrected chi connectivity index (χ3v) is 5.65. The molecule has 7 heteroatoms. The van der Waals surface area contributed by atoms with E-state index in [-0.39, 0.29) is 11.5 Å². The van der Waals surface area contributed by atoms with Crippen LogP contribution in [0.15, 0.2) is 46.9 Å². The van der Waals surface area contributed by atoms with Crippen LogP contribution < -0.4 is 0 Å². The van der Waals surface area contributed by atoms with Crippen molar-refractivity contribution in [2.24, 2.45) is 0 Å². The molecule has 122 valence electrons. The van der Waals surface area contributed by atoms with Gasteiger partial charge in [0.2, 0.25) is 0 Å². The van der Waals surface area contributed by atoms with E-state index in [9.17, 15) is 9.90 Å². The highest BCUT2D eigenvalue weighted by Gasteiger charge is 2.30. The largest absolute Gasteiger partial charge is 0.508 e. The quantitative estimate of drug-likeness (QED) is 0.533. The van der Waals surface area contributed by atoms with Gasteiger partial charge in [0.25, 0.3) is 0 Å². The van der Waals surface area contributed by atoms with Crippen LogP contribution in [0.1, 0.15) is 29.2 Å². The maximum absolute atomic E-state index is 12.3. The molecule has 1 saturated carbocycles. The molecule has 1 aromatic carbocycles. The number of Topliss-reactive ketones (excluding diaryl/α,β-unsaturated/α-hetero) is 1. The van der Waals surface area contributed by atoms with Crippen molar-refractivity contribution in [3.8, 4) is 16.5 Å². The van der Waals surface area contributed by atoms with E-state index in [2.05, 4.69) is 14.8 Å². The van der Waals surface area contributed by atoms with Crippen molar-refractivity contribution < 1.29 is 9.90 Å². The molecule has 2 heterocycles. The highest BCUT2D eigenvalue weighted by Crippen LogP contribution is 2.41. The van der Waals surface area contributed by atoms with E-state index in [0.29, 0.717) is 17.4 Å². The van der Waals surface area contributed by atoms with Crippen molar-refractivity contribution in [2.45, 2.75) is 24.0 Å². The van der Waals surface area contributed by atoms with Gasteiger partial charge in [0.15, 0.2) is 16.8 Å². The molecule has 1 fully saturated rings. The predicted octanol–water partition coefficient (Wildman–Crippen LogP) is 4.02. The lowest BCUT2D eigenvalue weighted by molar-refractivity contribution is 0.102. The molecule has 1 N–H and O–H groups in total. The van der Waals surface area contributed by atoms with Crippen molar-refractivity contribution in [3.63, 3.8) is 0 Å². The molecule has 1 aliphatic rings. The molecule has 0 aliphatic heterocycles. The molecule has 0 bridgehead atoms. The van der Waals surface area contributed by atoms with Gasteiger partial charge in [0.05, 0.1) is 10.6 Å². The summed E-state index contributed by atoms with van der Waals surface area (Å²) in [5.41, 5.74) is 0.594. The van der Waals surface area contributed by atoms with Gasteiger partial charge in [-0.25, -0.2) is 0 Å². The third-order valence-electron chi connectivity index (χ3n) is 3.84. The number of nitrogens with zero attached hydrogens (tertiary/aromatic N) is 3. The fourth-order valence-corrected chi connectivity index (χ4v) is 4.08. The van der Waals surface area contributed by atoms with Crippen LogP contribution in [0.5, 0.6) is 5.75 Å². The zero-order chi connectivity index (χ0) is 16.5. The van der Waals surface area contributed by atoms with Crippen LogP contribution in [0.4, 0.5) is 0 Å². The Balaban J connectivity index is 1.53. The third kappa shape index (κ3) is 3.09. The van der Waals surface area contributed by atoms with E-state index in [0.717, 1.165) is 28.7 Å². The molecule has 0 amide bonds. The Hall–Kier alpha value is -2.12. The van der Waals surface area contributed by atoms with Crippen molar-refractivity contribution >= 4 is 28.9 Å². The molecule has 0 radical (unpaired) electrons. The number of phenols is 1. The summed E-state index contributed by atoms with van der Waals surface area (Å²) in [7, 11) is 0. The van der Waals surface area contributed by atoms with E-state index >= 15 is 0 Å². The number of rotatable bonds is 6.